The van der Waals surface area contributed by atoms with Gasteiger partial charge in [0.05, 0.1) is 0 Å². The minimum Gasteiger partial charge on any atom is -0.478 e. The topological polar surface area (TPSA) is 66.4 Å². The van der Waals surface area contributed by atoms with Gasteiger partial charge in [0.2, 0.25) is 5.91 Å². The van der Waals surface area contributed by atoms with Crippen LogP contribution in [0.1, 0.15) is 19.4 Å². The predicted octanol–water partition coefficient (Wildman–Crippen LogP) is 2.13. The number of amides is 1. The zero-order valence-electron chi connectivity index (χ0n) is 9.15. The molecular formula is C12H13NO3. The van der Waals surface area contributed by atoms with Gasteiger partial charge in [0.1, 0.15) is 0 Å². The van der Waals surface area contributed by atoms with E-state index >= 15 is 0 Å². The molecule has 0 aliphatic heterocycles. The van der Waals surface area contributed by atoms with Gasteiger partial charge in [-0.15, -0.1) is 0 Å². The predicted molar refractivity (Wildman–Crippen MR) is 62.0 cm³/mol. The molecular weight excluding hydrogens is 206 g/mol. The molecule has 0 atom stereocenters. The molecule has 84 valence electrons. The largest absolute Gasteiger partial charge is 0.478 e. The smallest absolute Gasteiger partial charge is 0.331 e. The van der Waals surface area contributed by atoms with E-state index in [1.165, 1.54) is 19.9 Å². The molecule has 0 spiro atoms. The van der Waals surface area contributed by atoms with Crippen molar-refractivity contribution >= 4 is 23.6 Å². The Hall–Kier alpha value is -2.10. The summed E-state index contributed by atoms with van der Waals surface area (Å²) in [5.41, 5.74) is 1.51. The molecule has 2 N–H and O–H groups in total. The Morgan fingerprint density at radius 2 is 1.88 bits per heavy atom. The fourth-order valence-corrected chi connectivity index (χ4v) is 1.22. The highest BCUT2D eigenvalue weighted by Crippen LogP contribution is 2.18. The molecule has 0 aromatic heterocycles. The van der Waals surface area contributed by atoms with E-state index in [0.29, 0.717) is 11.3 Å². The highest BCUT2D eigenvalue weighted by Gasteiger charge is 2.04. The zero-order valence-corrected chi connectivity index (χ0v) is 9.15. The number of carboxylic acids is 1. The molecule has 0 unspecified atom stereocenters. The van der Waals surface area contributed by atoms with E-state index in [1.54, 1.807) is 24.3 Å². The number of benzene rings is 1. The first-order valence-corrected chi connectivity index (χ1v) is 4.79. The van der Waals surface area contributed by atoms with Crippen LogP contribution in [0, 0.1) is 0 Å². The Morgan fingerprint density at radius 3 is 2.44 bits per heavy atom. The third-order valence-corrected chi connectivity index (χ3v) is 1.98. The minimum atomic E-state index is -0.974. The monoisotopic (exact) mass is 219 g/mol. The van der Waals surface area contributed by atoms with Crippen LogP contribution in [0.15, 0.2) is 29.8 Å². The number of carbonyl (C=O) groups excluding carboxylic acids is 1. The third kappa shape index (κ3) is 3.24. The number of anilines is 1. The summed E-state index contributed by atoms with van der Waals surface area (Å²) in [7, 11) is 0. The lowest BCUT2D eigenvalue weighted by molar-refractivity contribution is -0.132. The molecule has 0 saturated heterocycles. The van der Waals surface area contributed by atoms with Gasteiger partial charge in [-0.1, -0.05) is 18.2 Å². The highest BCUT2D eigenvalue weighted by molar-refractivity contribution is 5.95. The lowest BCUT2D eigenvalue weighted by atomic mass is 10.1. The van der Waals surface area contributed by atoms with Crippen LogP contribution < -0.4 is 5.32 Å². The van der Waals surface area contributed by atoms with Crippen molar-refractivity contribution in [2.24, 2.45) is 0 Å². The Kier molecular flexibility index (Phi) is 3.83. The second-order valence-electron chi connectivity index (χ2n) is 3.40. The molecule has 0 saturated carbocycles. The van der Waals surface area contributed by atoms with Gasteiger partial charge in [-0.05, 0) is 24.6 Å². The quantitative estimate of drug-likeness (QED) is 0.765. The molecule has 0 radical (unpaired) electrons. The molecule has 1 aromatic carbocycles. The molecule has 16 heavy (non-hydrogen) atoms. The second-order valence-corrected chi connectivity index (χ2v) is 3.40. The van der Waals surface area contributed by atoms with Crippen LogP contribution in [0.2, 0.25) is 0 Å². The average molecular weight is 219 g/mol. The van der Waals surface area contributed by atoms with E-state index in [4.69, 9.17) is 5.11 Å². The molecule has 0 aliphatic rings. The van der Waals surface area contributed by atoms with Crippen molar-refractivity contribution in [3.05, 3.63) is 35.4 Å². The van der Waals surface area contributed by atoms with Crippen LogP contribution in [0.5, 0.6) is 0 Å². The van der Waals surface area contributed by atoms with E-state index in [2.05, 4.69) is 5.32 Å². The van der Waals surface area contributed by atoms with Crippen LogP contribution >= 0.6 is 0 Å². The number of carbonyl (C=O) groups is 2. The number of carboxylic acid groups (broad SMARTS) is 1. The van der Waals surface area contributed by atoms with Crippen LogP contribution in [0.4, 0.5) is 5.69 Å². The van der Waals surface area contributed by atoms with Gasteiger partial charge in [0, 0.05) is 18.2 Å². The van der Waals surface area contributed by atoms with Crippen LogP contribution in [0.25, 0.3) is 6.08 Å². The molecule has 0 bridgehead atoms. The van der Waals surface area contributed by atoms with E-state index < -0.39 is 5.97 Å². The van der Waals surface area contributed by atoms with Gasteiger partial charge in [-0.3, -0.25) is 4.79 Å². The number of rotatable bonds is 3. The fraction of sp³-hybridized carbons (Fsp3) is 0.167. The van der Waals surface area contributed by atoms with Crippen molar-refractivity contribution in [2.45, 2.75) is 13.8 Å². The van der Waals surface area contributed by atoms with Crippen molar-refractivity contribution in [1.82, 2.24) is 0 Å². The van der Waals surface area contributed by atoms with Crippen molar-refractivity contribution in [2.75, 3.05) is 5.32 Å². The maximum Gasteiger partial charge on any atom is 0.331 e. The molecule has 0 heterocycles. The molecule has 0 aliphatic carbocycles. The standard InChI is InChI=1S/C12H13NO3/c1-8(12(15)16)7-10-5-3-4-6-11(10)13-9(2)14/h3-7H,1-2H3,(H,13,14)(H,15,16). The number of hydrogen-bond donors (Lipinski definition) is 2. The Labute approximate surface area is 93.6 Å². The molecule has 4 heteroatoms. The summed E-state index contributed by atoms with van der Waals surface area (Å²) < 4.78 is 0. The SMILES string of the molecule is CC(=O)Nc1ccccc1C=C(C)C(=O)O. The Bertz CT molecular complexity index is 449. The van der Waals surface area contributed by atoms with Gasteiger partial charge in [-0.25, -0.2) is 4.79 Å². The lowest BCUT2D eigenvalue weighted by Gasteiger charge is -2.06. The van der Waals surface area contributed by atoms with Gasteiger partial charge < -0.3 is 10.4 Å². The molecule has 4 nitrogen and oxygen atoms in total. The molecule has 0 fully saturated rings. The summed E-state index contributed by atoms with van der Waals surface area (Å²) >= 11 is 0. The van der Waals surface area contributed by atoms with Crippen molar-refractivity contribution in [3.63, 3.8) is 0 Å². The summed E-state index contributed by atoms with van der Waals surface area (Å²) in [5, 5.41) is 11.4. The Morgan fingerprint density at radius 1 is 1.25 bits per heavy atom. The summed E-state index contributed by atoms with van der Waals surface area (Å²) in [4.78, 5) is 21.6. The Balaban J connectivity index is 3.08. The van der Waals surface area contributed by atoms with Crippen LogP contribution in [0.3, 0.4) is 0 Å². The van der Waals surface area contributed by atoms with Gasteiger partial charge in [0.25, 0.3) is 0 Å². The molecule has 1 amide bonds. The number of aliphatic carboxylic acids is 1. The first kappa shape index (κ1) is 12.0. The van der Waals surface area contributed by atoms with Crippen molar-refractivity contribution in [3.8, 4) is 0 Å². The average Bonchev–Trinajstić information content (AvgIpc) is 2.20. The number of para-hydroxylation sites is 1. The number of hydrogen-bond acceptors (Lipinski definition) is 2. The fourth-order valence-electron chi connectivity index (χ4n) is 1.22. The summed E-state index contributed by atoms with van der Waals surface area (Å²) in [6.45, 7) is 2.91. The maximum atomic E-state index is 10.9. The van der Waals surface area contributed by atoms with Gasteiger partial charge >= 0.3 is 5.97 Å². The summed E-state index contributed by atoms with van der Waals surface area (Å²) in [5.74, 6) is -1.16. The summed E-state index contributed by atoms with van der Waals surface area (Å²) in [6.07, 6.45) is 1.52. The van der Waals surface area contributed by atoms with Crippen molar-refractivity contribution in [1.29, 1.82) is 0 Å². The highest BCUT2D eigenvalue weighted by atomic mass is 16.4. The lowest BCUT2D eigenvalue weighted by Crippen LogP contribution is -2.07. The first-order valence-electron chi connectivity index (χ1n) is 4.79. The summed E-state index contributed by atoms with van der Waals surface area (Å²) in [6, 6.07) is 7.03. The van der Waals surface area contributed by atoms with Crippen molar-refractivity contribution < 1.29 is 14.7 Å². The normalized spacial score (nSPS) is 11.0. The van der Waals surface area contributed by atoms with Crippen LogP contribution in [-0.2, 0) is 9.59 Å². The van der Waals surface area contributed by atoms with E-state index in [9.17, 15) is 9.59 Å². The molecule has 1 rings (SSSR count). The first-order chi connectivity index (χ1) is 7.50. The van der Waals surface area contributed by atoms with E-state index in [-0.39, 0.29) is 11.5 Å². The van der Waals surface area contributed by atoms with E-state index in [1.807, 2.05) is 0 Å². The van der Waals surface area contributed by atoms with Gasteiger partial charge in [-0.2, -0.15) is 0 Å². The number of nitrogens with one attached hydrogen (secondary N) is 1. The minimum absolute atomic E-state index is 0.186. The molecule has 1 aromatic rings. The second kappa shape index (κ2) is 5.11. The zero-order chi connectivity index (χ0) is 12.1. The van der Waals surface area contributed by atoms with E-state index in [0.717, 1.165) is 0 Å². The third-order valence-electron chi connectivity index (χ3n) is 1.98. The van der Waals surface area contributed by atoms with Crippen LogP contribution in [-0.4, -0.2) is 17.0 Å². The maximum absolute atomic E-state index is 10.9. The van der Waals surface area contributed by atoms with Gasteiger partial charge in [0.15, 0.2) is 0 Å².